The van der Waals surface area contributed by atoms with Crippen LogP contribution in [0.15, 0.2) is 16.7 Å². The molecular weight excluding hydrogens is 192 g/mol. The van der Waals surface area contributed by atoms with Gasteiger partial charge in [0.15, 0.2) is 0 Å². The van der Waals surface area contributed by atoms with Gasteiger partial charge in [0.2, 0.25) is 0 Å². The first-order chi connectivity index (χ1) is 7.18. The Morgan fingerprint density at radius 3 is 3.00 bits per heavy atom. The molecule has 0 aliphatic heterocycles. The first-order valence-corrected chi connectivity index (χ1v) is 5.26. The highest BCUT2D eigenvalue weighted by molar-refractivity contribution is 5.95. The van der Waals surface area contributed by atoms with Crippen LogP contribution in [-0.2, 0) is 0 Å². The van der Waals surface area contributed by atoms with E-state index >= 15 is 0 Å². The number of nitrogens with two attached hydrogens (primary N) is 1. The van der Waals surface area contributed by atoms with E-state index in [1.165, 1.54) is 19.1 Å². The third-order valence-corrected chi connectivity index (χ3v) is 2.83. The largest absolute Gasteiger partial charge is 0.469 e. The van der Waals surface area contributed by atoms with Crippen molar-refractivity contribution < 1.29 is 9.21 Å². The normalized spacial score (nSPS) is 17.5. The fourth-order valence-corrected chi connectivity index (χ4v) is 1.62. The van der Waals surface area contributed by atoms with E-state index in [2.05, 4.69) is 5.32 Å². The monoisotopic (exact) mass is 208 g/mol. The first-order valence-electron chi connectivity index (χ1n) is 5.26. The molecule has 4 nitrogen and oxygen atoms in total. The molecule has 1 saturated carbocycles. The van der Waals surface area contributed by atoms with Crippen LogP contribution in [0, 0.1) is 12.8 Å². The summed E-state index contributed by atoms with van der Waals surface area (Å²) in [4.78, 5) is 11.6. The molecule has 1 aliphatic rings. The van der Waals surface area contributed by atoms with Crippen LogP contribution in [0.3, 0.4) is 0 Å². The highest BCUT2D eigenvalue weighted by Crippen LogP contribution is 2.31. The van der Waals surface area contributed by atoms with Gasteiger partial charge in [0.25, 0.3) is 5.91 Å². The van der Waals surface area contributed by atoms with Gasteiger partial charge < -0.3 is 15.5 Å². The lowest BCUT2D eigenvalue weighted by molar-refractivity contribution is 0.0949. The van der Waals surface area contributed by atoms with Crippen molar-refractivity contribution in [3.63, 3.8) is 0 Å². The SMILES string of the molecule is Cc1occc1C(=O)NCC(N)C1CC1. The minimum absolute atomic E-state index is 0.0983. The summed E-state index contributed by atoms with van der Waals surface area (Å²) in [5.74, 6) is 1.15. The maximum atomic E-state index is 11.6. The third kappa shape index (κ3) is 2.39. The topological polar surface area (TPSA) is 68.3 Å². The van der Waals surface area contributed by atoms with E-state index in [0.29, 0.717) is 23.8 Å². The van der Waals surface area contributed by atoms with E-state index < -0.39 is 0 Å². The zero-order valence-electron chi connectivity index (χ0n) is 8.82. The van der Waals surface area contributed by atoms with Crippen LogP contribution in [0.25, 0.3) is 0 Å². The average Bonchev–Trinajstić information content (AvgIpc) is 2.98. The summed E-state index contributed by atoms with van der Waals surface area (Å²) in [5, 5.41) is 2.82. The molecule has 0 bridgehead atoms. The Kier molecular flexibility index (Phi) is 2.77. The van der Waals surface area contributed by atoms with Gasteiger partial charge in [-0.05, 0) is 31.7 Å². The van der Waals surface area contributed by atoms with Gasteiger partial charge in [0.05, 0.1) is 11.8 Å². The van der Waals surface area contributed by atoms with Gasteiger partial charge in [0.1, 0.15) is 5.76 Å². The van der Waals surface area contributed by atoms with Gasteiger partial charge in [-0.25, -0.2) is 0 Å². The van der Waals surface area contributed by atoms with Crippen LogP contribution in [0.2, 0.25) is 0 Å². The summed E-state index contributed by atoms with van der Waals surface area (Å²) in [6.45, 7) is 2.32. The van der Waals surface area contributed by atoms with Crippen molar-refractivity contribution >= 4 is 5.91 Å². The maximum absolute atomic E-state index is 11.6. The van der Waals surface area contributed by atoms with Crippen LogP contribution in [0.5, 0.6) is 0 Å². The molecule has 4 heteroatoms. The molecule has 1 fully saturated rings. The molecular formula is C11H16N2O2. The maximum Gasteiger partial charge on any atom is 0.254 e. The molecule has 0 radical (unpaired) electrons. The summed E-state index contributed by atoms with van der Waals surface area (Å²) in [6, 6.07) is 1.77. The number of amides is 1. The van der Waals surface area contributed by atoms with E-state index in [4.69, 9.17) is 10.2 Å². The highest BCUT2D eigenvalue weighted by atomic mass is 16.3. The Labute approximate surface area is 88.8 Å². The predicted octanol–water partition coefficient (Wildman–Crippen LogP) is 1.06. The molecule has 0 saturated heterocycles. The molecule has 0 aromatic carbocycles. The summed E-state index contributed by atoms with van der Waals surface area (Å²) < 4.78 is 5.06. The summed E-state index contributed by atoms with van der Waals surface area (Å²) in [7, 11) is 0. The van der Waals surface area contributed by atoms with Crippen LogP contribution in [0.1, 0.15) is 29.0 Å². The molecule has 1 heterocycles. The van der Waals surface area contributed by atoms with Crippen LogP contribution in [-0.4, -0.2) is 18.5 Å². The molecule has 1 atom stereocenters. The Hall–Kier alpha value is -1.29. The molecule has 1 amide bonds. The lowest BCUT2D eigenvalue weighted by Crippen LogP contribution is -2.38. The van der Waals surface area contributed by atoms with Gasteiger partial charge in [0, 0.05) is 12.6 Å². The molecule has 2 rings (SSSR count). The van der Waals surface area contributed by atoms with Gasteiger partial charge in [-0.15, -0.1) is 0 Å². The van der Waals surface area contributed by atoms with Crippen molar-refractivity contribution in [1.29, 1.82) is 0 Å². The Bertz CT molecular complexity index is 355. The van der Waals surface area contributed by atoms with Crippen molar-refractivity contribution in [3.8, 4) is 0 Å². The minimum atomic E-state index is -0.0997. The summed E-state index contributed by atoms with van der Waals surface area (Å²) >= 11 is 0. The number of furan rings is 1. The average molecular weight is 208 g/mol. The van der Waals surface area contributed by atoms with Gasteiger partial charge in [-0.3, -0.25) is 4.79 Å². The molecule has 1 aromatic rings. The molecule has 1 aliphatic carbocycles. The fraction of sp³-hybridized carbons (Fsp3) is 0.545. The Morgan fingerprint density at radius 2 is 2.47 bits per heavy atom. The van der Waals surface area contributed by atoms with E-state index in [-0.39, 0.29) is 11.9 Å². The number of aryl methyl sites for hydroxylation is 1. The lowest BCUT2D eigenvalue weighted by atomic mass is 10.2. The molecule has 15 heavy (non-hydrogen) atoms. The number of carbonyl (C=O) groups excluding carboxylic acids is 1. The van der Waals surface area contributed by atoms with Crippen LogP contribution < -0.4 is 11.1 Å². The number of rotatable bonds is 4. The second-order valence-electron chi connectivity index (χ2n) is 4.10. The summed E-state index contributed by atoms with van der Waals surface area (Å²) in [5.41, 5.74) is 6.48. The van der Waals surface area contributed by atoms with Crippen LogP contribution in [0.4, 0.5) is 0 Å². The first kappa shape index (κ1) is 10.2. The number of hydrogen-bond donors (Lipinski definition) is 2. The second kappa shape index (κ2) is 4.06. The number of nitrogens with one attached hydrogen (secondary N) is 1. The fourth-order valence-electron chi connectivity index (χ4n) is 1.62. The van der Waals surface area contributed by atoms with Crippen molar-refractivity contribution in [2.45, 2.75) is 25.8 Å². The lowest BCUT2D eigenvalue weighted by Gasteiger charge is -2.10. The van der Waals surface area contributed by atoms with Gasteiger partial charge in [-0.2, -0.15) is 0 Å². The van der Waals surface area contributed by atoms with Gasteiger partial charge in [-0.1, -0.05) is 0 Å². The molecule has 0 spiro atoms. The van der Waals surface area contributed by atoms with Crippen LogP contribution >= 0.6 is 0 Å². The Morgan fingerprint density at radius 1 is 1.73 bits per heavy atom. The number of carbonyl (C=O) groups is 1. The van der Waals surface area contributed by atoms with E-state index in [1.54, 1.807) is 13.0 Å². The minimum Gasteiger partial charge on any atom is -0.469 e. The smallest absolute Gasteiger partial charge is 0.254 e. The summed E-state index contributed by atoms with van der Waals surface area (Å²) in [6.07, 6.45) is 3.91. The predicted molar refractivity (Wildman–Crippen MR) is 56.5 cm³/mol. The molecule has 1 aromatic heterocycles. The molecule has 82 valence electrons. The van der Waals surface area contributed by atoms with Crippen molar-refractivity contribution in [2.75, 3.05) is 6.54 Å². The third-order valence-electron chi connectivity index (χ3n) is 2.83. The van der Waals surface area contributed by atoms with Crippen molar-refractivity contribution in [3.05, 3.63) is 23.7 Å². The zero-order chi connectivity index (χ0) is 10.8. The van der Waals surface area contributed by atoms with E-state index in [0.717, 1.165) is 0 Å². The van der Waals surface area contributed by atoms with Gasteiger partial charge >= 0.3 is 0 Å². The van der Waals surface area contributed by atoms with E-state index in [1.807, 2.05) is 0 Å². The van der Waals surface area contributed by atoms with Crippen molar-refractivity contribution in [2.24, 2.45) is 11.7 Å². The van der Waals surface area contributed by atoms with Crippen molar-refractivity contribution in [1.82, 2.24) is 5.32 Å². The standard InChI is InChI=1S/C11H16N2O2/c1-7-9(4-5-15-7)11(14)13-6-10(12)8-2-3-8/h4-5,8,10H,2-3,6,12H2,1H3,(H,13,14). The zero-order valence-corrected chi connectivity index (χ0v) is 8.82. The van der Waals surface area contributed by atoms with E-state index in [9.17, 15) is 4.79 Å². The quantitative estimate of drug-likeness (QED) is 0.777. The Balaban J connectivity index is 1.84. The number of hydrogen-bond acceptors (Lipinski definition) is 3. The highest BCUT2D eigenvalue weighted by Gasteiger charge is 2.28. The molecule has 1 unspecified atom stereocenters. The molecule has 3 N–H and O–H groups in total. The second-order valence-corrected chi connectivity index (χ2v) is 4.10.